The third-order valence-corrected chi connectivity index (χ3v) is 5.56. The Hall–Kier alpha value is -2.97. The normalized spacial score (nSPS) is 11.9. The van der Waals surface area contributed by atoms with Gasteiger partial charge in [-0.2, -0.15) is 0 Å². The molecule has 0 spiro atoms. The van der Waals surface area contributed by atoms with E-state index in [2.05, 4.69) is 15.0 Å². The molecule has 0 saturated heterocycles. The van der Waals surface area contributed by atoms with Crippen LogP contribution in [0.15, 0.2) is 46.7 Å². The number of carbonyl (C=O) groups is 1. The molecule has 7 nitrogen and oxygen atoms in total. The maximum Gasteiger partial charge on any atom is 0.258 e. The van der Waals surface area contributed by atoms with Gasteiger partial charge in [0.2, 0.25) is 5.91 Å². The quantitative estimate of drug-likeness (QED) is 0.492. The van der Waals surface area contributed by atoms with Gasteiger partial charge in [-0.3, -0.25) is 14.0 Å². The molecule has 4 rings (SSSR count). The van der Waals surface area contributed by atoms with Crippen LogP contribution in [0, 0.1) is 0 Å². The van der Waals surface area contributed by atoms with Crippen LogP contribution < -0.4 is 5.56 Å². The van der Waals surface area contributed by atoms with Crippen LogP contribution in [0.5, 0.6) is 0 Å². The van der Waals surface area contributed by atoms with Gasteiger partial charge in [-0.15, -0.1) is 11.3 Å². The molecule has 0 bridgehead atoms. The highest BCUT2D eigenvalue weighted by atomic mass is 35.5. The Balaban J connectivity index is 1.61. The second-order valence-electron chi connectivity index (χ2n) is 6.77. The summed E-state index contributed by atoms with van der Waals surface area (Å²) in [6, 6.07) is 7.03. The van der Waals surface area contributed by atoms with Crippen LogP contribution in [0.4, 0.5) is 0 Å². The van der Waals surface area contributed by atoms with Crippen molar-refractivity contribution in [2.45, 2.75) is 26.4 Å². The lowest BCUT2D eigenvalue weighted by Gasteiger charge is -2.25. The number of aromatic nitrogens is 4. The Labute approximate surface area is 175 Å². The standard InChI is InChI=1S/C20H18ClN5O2S/c1-12(2)26(11-16-22-14-6-4-3-5-13(14)19(28)23-16)17(27)8-7-15-18(21)24-20-25(15)9-10-29-20/h3-10,12H,11H2,1-2H3,(H,22,23,28)/b8-7+. The molecule has 3 aromatic heterocycles. The molecular weight excluding hydrogens is 410 g/mol. The summed E-state index contributed by atoms with van der Waals surface area (Å²) < 4.78 is 1.83. The number of amides is 1. The topological polar surface area (TPSA) is 83.4 Å². The molecule has 0 atom stereocenters. The molecule has 0 aliphatic heterocycles. The summed E-state index contributed by atoms with van der Waals surface area (Å²) in [7, 11) is 0. The molecule has 0 aliphatic rings. The number of hydrogen-bond donors (Lipinski definition) is 1. The fourth-order valence-corrected chi connectivity index (χ4v) is 4.06. The Kier molecular flexibility index (Phi) is 5.21. The van der Waals surface area contributed by atoms with Gasteiger partial charge in [-0.25, -0.2) is 9.97 Å². The first-order chi connectivity index (χ1) is 13.9. The number of rotatable bonds is 5. The Morgan fingerprint density at radius 1 is 1.34 bits per heavy atom. The van der Waals surface area contributed by atoms with Gasteiger partial charge >= 0.3 is 0 Å². The lowest BCUT2D eigenvalue weighted by Crippen LogP contribution is -2.36. The minimum atomic E-state index is -0.219. The molecule has 9 heteroatoms. The fourth-order valence-electron chi connectivity index (χ4n) is 3.06. The van der Waals surface area contributed by atoms with E-state index in [0.29, 0.717) is 27.6 Å². The third-order valence-electron chi connectivity index (χ3n) is 4.53. The number of carbonyl (C=O) groups excluding carboxylic acids is 1. The van der Waals surface area contributed by atoms with Crippen LogP contribution in [0.1, 0.15) is 25.4 Å². The molecule has 1 N–H and O–H groups in total. The summed E-state index contributed by atoms with van der Waals surface area (Å²) in [5.74, 6) is 0.226. The lowest BCUT2D eigenvalue weighted by molar-refractivity contribution is -0.128. The predicted molar refractivity (Wildman–Crippen MR) is 115 cm³/mol. The average Bonchev–Trinajstić information content (AvgIpc) is 3.24. The van der Waals surface area contributed by atoms with Gasteiger partial charge in [0.1, 0.15) is 5.82 Å². The van der Waals surface area contributed by atoms with E-state index in [9.17, 15) is 9.59 Å². The largest absolute Gasteiger partial charge is 0.329 e. The van der Waals surface area contributed by atoms with Crippen molar-refractivity contribution in [1.29, 1.82) is 0 Å². The fraction of sp³-hybridized carbons (Fsp3) is 0.200. The van der Waals surface area contributed by atoms with E-state index in [-0.39, 0.29) is 24.1 Å². The molecule has 1 amide bonds. The number of thiazole rings is 1. The molecule has 148 valence electrons. The van der Waals surface area contributed by atoms with Gasteiger partial charge in [-0.05, 0) is 32.1 Å². The first-order valence-electron chi connectivity index (χ1n) is 9.01. The zero-order valence-corrected chi connectivity index (χ0v) is 17.4. The summed E-state index contributed by atoms with van der Waals surface area (Å²) in [5.41, 5.74) is 1.03. The molecule has 1 aromatic carbocycles. The van der Waals surface area contributed by atoms with Crippen LogP contribution in [-0.4, -0.2) is 36.2 Å². The van der Waals surface area contributed by atoms with Gasteiger partial charge in [-0.1, -0.05) is 23.7 Å². The number of halogens is 1. The van der Waals surface area contributed by atoms with Crippen molar-refractivity contribution in [2.75, 3.05) is 0 Å². The Morgan fingerprint density at radius 2 is 2.14 bits per heavy atom. The maximum atomic E-state index is 12.9. The SMILES string of the molecule is CC(C)N(Cc1nc2ccccc2c(=O)[nH]1)C(=O)/C=C/c1c(Cl)nc2sccn12. The minimum absolute atomic E-state index is 0.0917. The number of benzene rings is 1. The third kappa shape index (κ3) is 3.81. The number of hydrogen-bond acceptors (Lipinski definition) is 5. The van der Waals surface area contributed by atoms with Gasteiger partial charge in [0.15, 0.2) is 10.1 Å². The molecular formula is C20H18ClN5O2S. The summed E-state index contributed by atoms with van der Waals surface area (Å²) in [4.78, 5) is 39.1. The smallest absolute Gasteiger partial charge is 0.258 e. The van der Waals surface area contributed by atoms with E-state index in [0.717, 1.165) is 4.96 Å². The van der Waals surface area contributed by atoms with Gasteiger partial charge in [0.25, 0.3) is 5.56 Å². The number of imidazole rings is 1. The van der Waals surface area contributed by atoms with Crippen LogP contribution >= 0.6 is 22.9 Å². The van der Waals surface area contributed by atoms with E-state index in [1.807, 2.05) is 35.9 Å². The Bertz CT molecular complexity index is 1290. The number of nitrogens with zero attached hydrogens (tertiary/aromatic N) is 4. The van der Waals surface area contributed by atoms with Crippen LogP contribution in [0.2, 0.25) is 5.15 Å². The number of fused-ring (bicyclic) bond motifs is 2. The first kappa shape index (κ1) is 19.4. The van der Waals surface area contributed by atoms with E-state index in [1.165, 1.54) is 17.4 Å². The molecule has 29 heavy (non-hydrogen) atoms. The van der Waals surface area contributed by atoms with Gasteiger partial charge in [0.05, 0.1) is 23.1 Å². The first-order valence-corrected chi connectivity index (χ1v) is 10.3. The van der Waals surface area contributed by atoms with Crippen molar-refractivity contribution in [3.8, 4) is 0 Å². The van der Waals surface area contributed by atoms with Gasteiger partial charge in [0, 0.05) is 23.7 Å². The van der Waals surface area contributed by atoms with Crippen molar-refractivity contribution < 1.29 is 4.79 Å². The minimum Gasteiger partial charge on any atom is -0.329 e. The molecule has 0 aliphatic carbocycles. The maximum absolute atomic E-state index is 12.9. The van der Waals surface area contributed by atoms with E-state index in [1.54, 1.807) is 29.2 Å². The molecule has 0 unspecified atom stereocenters. The monoisotopic (exact) mass is 427 g/mol. The number of aromatic amines is 1. The molecule has 0 radical (unpaired) electrons. The van der Waals surface area contributed by atoms with Crippen LogP contribution in [0.25, 0.3) is 21.9 Å². The number of nitrogens with one attached hydrogen (secondary N) is 1. The summed E-state index contributed by atoms with van der Waals surface area (Å²) in [6.07, 6.45) is 4.97. The van der Waals surface area contributed by atoms with E-state index in [4.69, 9.17) is 11.6 Å². The van der Waals surface area contributed by atoms with E-state index >= 15 is 0 Å². The summed E-state index contributed by atoms with van der Waals surface area (Å²) >= 11 is 7.65. The van der Waals surface area contributed by atoms with Gasteiger partial charge < -0.3 is 9.88 Å². The Morgan fingerprint density at radius 3 is 2.93 bits per heavy atom. The summed E-state index contributed by atoms with van der Waals surface area (Å²) in [5, 5.41) is 2.77. The summed E-state index contributed by atoms with van der Waals surface area (Å²) in [6.45, 7) is 4.01. The second-order valence-corrected chi connectivity index (χ2v) is 8.00. The van der Waals surface area contributed by atoms with Crippen molar-refractivity contribution in [1.82, 2.24) is 24.3 Å². The van der Waals surface area contributed by atoms with Crippen molar-refractivity contribution in [3.63, 3.8) is 0 Å². The highest BCUT2D eigenvalue weighted by molar-refractivity contribution is 7.15. The molecule has 4 aromatic rings. The van der Waals surface area contributed by atoms with Crippen molar-refractivity contribution in [2.24, 2.45) is 0 Å². The van der Waals surface area contributed by atoms with Crippen molar-refractivity contribution in [3.05, 3.63) is 68.9 Å². The second kappa shape index (κ2) is 7.81. The van der Waals surface area contributed by atoms with E-state index < -0.39 is 0 Å². The average molecular weight is 428 g/mol. The van der Waals surface area contributed by atoms with Crippen LogP contribution in [-0.2, 0) is 11.3 Å². The highest BCUT2D eigenvalue weighted by Crippen LogP contribution is 2.22. The zero-order valence-electron chi connectivity index (χ0n) is 15.8. The highest BCUT2D eigenvalue weighted by Gasteiger charge is 2.18. The van der Waals surface area contributed by atoms with Crippen molar-refractivity contribution >= 4 is 50.8 Å². The molecule has 0 fully saturated rings. The number of H-pyrrole nitrogens is 1. The predicted octanol–water partition coefficient (Wildman–Crippen LogP) is 3.74. The van der Waals surface area contributed by atoms with Crippen LogP contribution in [0.3, 0.4) is 0 Å². The number of para-hydroxylation sites is 1. The molecule has 0 saturated carbocycles. The lowest BCUT2D eigenvalue weighted by atomic mass is 10.2. The zero-order chi connectivity index (χ0) is 20.5. The molecule has 3 heterocycles.